The molecule has 0 bridgehead atoms. The molecule has 0 spiro atoms. The van der Waals surface area contributed by atoms with E-state index in [4.69, 9.17) is 0 Å². The largest absolute Gasteiger partial charge is 0.311 e. The highest BCUT2D eigenvalue weighted by molar-refractivity contribution is 7.33. The third-order valence-corrected chi connectivity index (χ3v) is 17.9. The van der Waals surface area contributed by atoms with Gasteiger partial charge in [0.25, 0.3) is 6.71 Å². The van der Waals surface area contributed by atoms with Crippen molar-refractivity contribution in [3.63, 3.8) is 0 Å². The summed E-state index contributed by atoms with van der Waals surface area (Å²) in [5.74, 6) is 0. The molecule has 0 unspecified atom stereocenters. The maximum absolute atomic E-state index is 2.64. The van der Waals surface area contributed by atoms with E-state index in [0.29, 0.717) is 0 Å². The van der Waals surface area contributed by atoms with Gasteiger partial charge in [-0.1, -0.05) is 210 Å². The molecule has 0 saturated heterocycles. The van der Waals surface area contributed by atoms with E-state index in [9.17, 15) is 0 Å². The van der Waals surface area contributed by atoms with Gasteiger partial charge < -0.3 is 9.80 Å². The third kappa shape index (κ3) is 7.73. The predicted molar refractivity (Wildman–Crippen MR) is 334 cm³/mol. The molecular formula is C72H67BN2S. The van der Waals surface area contributed by atoms with Crippen LogP contribution in [0.2, 0.25) is 0 Å². The van der Waals surface area contributed by atoms with Crippen LogP contribution in [-0.4, -0.2) is 6.71 Å². The summed E-state index contributed by atoms with van der Waals surface area (Å²) >= 11 is 1.98. The molecule has 0 saturated carbocycles. The number of nitrogens with zero attached hydrogens (tertiary/aromatic N) is 2. The number of anilines is 6. The predicted octanol–water partition coefficient (Wildman–Crippen LogP) is 19.0. The van der Waals surface area contributed by atoms with E-state index < -0.39 is 0 Å². The van der Waals surface area contributed by atoms with Crippen molar-refractivity contribution in [2.75, 3.05) is 9.80 Å². The summed E-state index contributed by atoms with van der Waals surface area (Å²) in [6.07, 6.45) is 0. The summed E-state index contributed by atoms with van der Waals surface area (Å²) in [7, 11) is 0. The van der Waals surface area contributed by atoms with E-state index in [-0.39, 0.29) is 28.4 Å². The van der Waals surface area contributed by atoms with Crippen LogP contribution >= 0.6 is 11.3 Å². The van der Waals surface area contributed by atoms with Crippen LogP contribution in [0.25, 0.3) is 64.7 Å². The molecule has 1 aromatic heterocycles. The van der Waals surface area contributed by atoms with Gasteiger partial charge in [-0.3, -0.25) is 0 Å². The first-order chi connectivity index (χ1) is 36.2. The Labute approximate surface area is 454 Å². The molecule has 0 N–H and O–H groups in total. The molecule has 76 heavy (non-hydrogen) atoms. The fourth-order valence-electron chi connectivity index (χ4n) is 12.4. The van der Waals surface area contributed by atoms with Crippen molar-refractivity contribution in [2.24, 2.45) is 0 Å². The zero-order valence-electron chi connectivity index (χ0n) is 46.3. The Kier molecular flexibility index (Phi) is 10.8. The zero-order valence-corrected chi connectivity index (χ0v) is 47.1. The highest BCUT2D eigenvalue weighted by Crippen LogP contribution is 2.51. The second-order valence-corrected chi connectivity index (χ2v) is 26.9. The minimum Gasteiger partial charge on any atom is -0.311 e. The van der Waals surface area contributed by atoms with Crippen LogP contribution in [0, 0.1) is 0 Å². The van der Waals surface area contributed by atoms with E-state index in [1.807, 2.05) is 11.3 Å². The van der Waals surface area contributed by atoms with Crippen LogP contribution in [0.5, 0.6) is 0 Å². The lowest BCUT2D eigenvalue weighted by Crippen LogP contribution is -2.60. The average Bonchev–Trinajstić information content (AvgIpc) is 4.00. The number of thiophene rings is 1. The topological polar surface area (TPSA) is 6.48 Å². The van der Waals surface area contributed by atoms with Gasteiger partial charge in [-0.15, -0.1) is 11.3 Å². The Balaban J connectivity index is 1.12. The highest BCUT2D eigenvalue weighted by atomic mass is 32.1. The van der Waals surface area contributed by atoms with E-state index >= 15 is 0 Å². The van der Waals surface area contributed by atoms with Gasteiger partial charge in [-0.05, 0) is 165 Å². The molecule has 374 valence electrons. The lowest BCUT2D eigenvalue weighted by Gasteiger charge is -2.43. The van der Waals surface area contributed by atoms with Crippen LogP contribution in [0.15, 0.2) is 188 Å². The van der Waals surface area contributed by atoms with Crippen LogP contribution in [0.3, 0.4) is 0 Å². The van der Waals surface area contributed by atoms with E-state index in [0.717, 1.165) is 0 Å². The number of hydrogen-bond acceptors (Lipinski definition) is 3. The summed E-state index contributed by atoms with van der Waals surface area (Å²) in [5.41, 5.74) is 20.1. The molecule has 11 aromatic rings. The number of fused-ring (bicyclic) bond motifs is 12. The monoisotopic (exact) mass is 1000 g/mol. The fraction of sp³-hybridized carbons (Fsp3) is 0.222. The first kappa shape index (κ1) is 48.3. The van der Waals surface area contributed by atoms with Gasteiger partial charge in [0.05, 0.1) is 11.4 Å². The quantitative estimate of drug-likeness (QED) is 0.128. The summed E-state index contributed by atoms with van der Waals surface area (Å²) < 4.78 is 2.71. The molecule has 0 radical (unpaired) electrons. The molecule has 2 nitrogen and oxygen atoms in total. The fourth-order valence-corrected chi connectivity index (χ4v) is 13.7. The van der Waals surface area contributed by atoms with Crippen molar-refractivity contribution in [3.8, 4) is 22.3 Å². The van der Waals surface area contributed by atoms with E-state index in [1.165, 1.54) is 137 Å². The average molecular weight is 1000 g/mol. The van der Waals surface area contributed by atoms with Gasteiger partial charge in [-0.2, -0.15) is 0 Å². The van der Waals surface area contributed by atoms with Crippen molar-refractivity contribution in [1.29, 1.82) is 0 Å². The lowest BCUT2D eigenvalue weighted by atomic mass is 9.36. The minimum atomic E-state index is -0.0808. The van der Waals surface area contributed by atoms with Crippen molar-refractivity contribution < 1.29 is 0 Å². The summed E-state index contributed by atoms with van der Waals surface area (Å²) in [6.45, 7) is 27.9. The van der Waals surface area contributed by atoms with Gasteiger partial charge in [0, 0.05) is 43.2 Å². The molecule has 3 heterocycles. The zero-order chi connectivity index (χ0) is 52.8. The standard InChI is InChI=1S/C72H67BN2S/c1-69(2,3)47-29-33-51(34-30-47)74-62-25-18-26-63-66(62)73(68-67(74)59-43-50(72(10,11)12)32-38-65(59)76-68)60-36-28-45(44-19-17-20-48(39-44)70(4,5)6)41-64(60)75(63)61-37-31-49(71(7,8)9)42-57(61)46-27-35-56-54-23-14-13-21-52(54)53-22-15-16-24-55(53)58(56)40-46/h13-43H,1-12H3. The van der Waals surface area contributed by atoms with Crippen molar-refractivity contribution in [2.45, 2.75) is 105 Å². The number of hydrogen-bond donors (Lipinski definition) is 0. The Morgan fingerprint density at radius 1 is 0.342 bits per heavy atom. The second-order valence-electron chi connectivity index (χ2n) is 25.8. The highest BCUT2D eigenvalue weighted by Gasteiger charge is 2.46. The molecule has 4 heteroatoms. The third-order valence-electron chi connectivity index (χ3n) is 16.7. The summed E-state index contributed by atoms with van der Waals surface area (Å²) in [6, 6.07) is 72.8. The molecule has 10 aromatic carbocycles. The van der Waals surface area contributed by atoms with Crippen LogP contribution in [-0.2, 0) is 21.7 Å². The Bertz CT molecular complexity index is 4130. The summed E-state index contributed by atoms with van der Waals surface area (Å²) in [5, 5.41) is 9.02. The van der Waals surface area contributed by atoms with Crippen molar-refractivity contribution >= 4 is 110 Å². The van der Waals surface area contributed by atoms with Gasteiger partial charge in [-0.25, -0.2) is 0 Å². The molecular weight excluding hydrogens is 936 g/mol. The Morgan fingerprint density at radius 2 is 0.868 bits per heavy atom. The Morgan fingerprint density at radius 3 is 1.51 bits per heavy atom. The molecule has 13 rings (SSSR count). The van der Waals surface area contributed by atoms with Crippen LogP contribution in [0.4, 0.5) is 34.1 Å². The summed E-state index contributed by atoms with van der Waals surface area (Å²) in [4.78, 5) is 5.25. The number of benzene rings is 10. The Hall–Kier alpha value is -7.40. The SMILES string of the molecule is CC(C)(C)c1ccc(N2c3cccc4c3B(c3ccc(-c5cccc(C(C)(C)C)c5)cc3N4c3ccc(C(C)(C)C)cc3-c3ccc4c5ccccc5c5ccccc5c4c3)c3sc4ccc(C(C)(C)C)cc4c32)cc1. The maximum atomic E-state index is 2.64. The first-order valence-electron chi connectivity index (χ1n) is 27.4. The van der Waals surface area contributed by atoms with E-state index in [1.54, 1.807) is 0 Å². The van der Waals surface area contributed by atoms with Gasteiger partial charge in [0.1, 0.15) is 0 Å². The maximum Gasteiger partial charge on any atom is 0.264 e. The van der Waals surface area contributed by atoms with E-state index in [2.05, 4.69) is 281 Å². The smallest absolute Gasteiger partial charge is 0.264 e. The lowest BCUT2D eigenvalue weighted by molar-refractivity contribution is 0.590. The molecule has 0 amide bonds. The molecule has 0 fully saturated rings. The second kappa shape index (κ2) is 17.1. The first-order valence-corrected chi connectivity index (χ1v) is 28.2. The molecule has 0 aliphatic carbocycles. The number of rotatable bonds is 4. The van der Waals surface area contributed by atoms with Gasteiger partial charge in [0.2, 0.25) is 0 Å². The normalized spacial score (nSPS) is 13.7. The van der Waals surface area contributed by atoms with Gasteiger partial charge >= 0.3 is 0 Å². The minimum absolute atomic E-state index is 0.000562. The molecule has 0 atom stereocenters. The van der Waals surface area contributed by atoms with Crippen molar-refractivity contribution in [1.82, 2.24) is 0 Å². The molecule has 2 aliphatic heterocycles. The van der Waals surface area contributed by atoms with Crippen LogP contribution < -0.4 is 25.5 Å². The molecule has 2 aliphatic rings. The van der Waals surface area contributed by atoms with Crippen molar-refractivity contribution in [3.05, 3.63) is 210 Å². The van der Waals surface area contributed by atoms with Crippen LogP contribution in [0.1, 0.15) is 105 Å². The van der Waals surface area contributed by atoms with Gasteiger partial charge in [0.15, 0.2) is 0 Å².